The fourth-order valence-corrected chi connectivity index (χ4v) is 3.10. The molecule has 1 saturated heterocycles. The van der Waals surface area contributed by atoms with E-state index in [-0.39, 0.29) is 12.6 Å². The van der Waals surface area contributed by atoms with Crippen LogP contribution in [0.2, 0.25) is 0 Å². The Bertz CT molecular complexity index is 754. The lowest BCUT2D eigenvalue weighted by Gasteiger charge is -2.41. The van der Waals surface area contributed by atoms with Gasteiger partial charge in [0.15, 0.2) is 5.76 Å². The summed E-state index contributed by atoms with van der Waals surface area (Å²) >= 11 is 0. The van der Waals surface area contributed by atoms with Crippen LogP contribution >= 0.6 is 0 Å². The normalized spacial score (nSPS) is 18.8. The predicted octanol–water partition coefficient (Wildman–Crippen LogP) is 1.46. The monoisotopic (exact) mass is 326 g/mol. The Morgan fingerprint density at radius 3 is 2.71 bits per heavy atom. The van der Waals surface area contributed by atoms with Crippen molar-refractivity contribution < 1.29 is 14.1 Å². The molecule has 0 unspecified atom stereocenters. The highest BCUT2D eigenvalue weighted by Gasteiger charge is 2.38. The lowest BCUT2D eigenvalue weighted by Crippen LogP contribution is -2.58. The number of hydrogen-bond donors (Lipinski definition) is 0. The van der Waals surface area contributed by atoms with Crippen LogP contribution in [-0.2, 0) is 16.1 Å². The summed E-state index contributed by atoms with van der Waals surface area (Å²) in [5, 5.41) is 3.99. The van der Waals surface area contributed by atoms with Gasteiger partial charge in [0.1, 0.15) is 5.69 Å². The first-order chi connectivity index (χ1) is 11.7. The maximum atomic E-state index is 12.3. The van der Waals surface area contributed by atoms with Crippen LogP contribution in [0.1, 0.15) is 25.0 Å². The van der Waals surface area contributed by atoms with Crippen molar-refractivity contribution in [2.45, 2.75) is 31.8 Å². The maximum absolute atomic E-state index is 12.3. The number of pyridine rings is 1. The lowest BCUT2D eigenvalue weighted by atomic mass is 9.91. The van der Waals surface area contributed by atoms with Crippen LogP contribution < -0.4 is 0 Å². The molecule has 3 heterocycles. The van der Waals surface area contributed by atoms with Gasteiger partial charge < -0.3 is 14.3 Å². The summed E-state index contributed by atoms with van der Waals surface area (Å²) in [5.41, 5.74) is 1.34. The molecular weight excluding hydrogens is 308 g/mol. The molecule has 0 aromatic carbocycles. The summed E-state index contributed by atoms with van der Waals surface area (Å²) in [7, 11) is 0. The molecule has 1 saturated carbocycles. The standard InChI is InChI=1S/C17H18N4O3/c22-16-17(23)21(12-4-3-5-12)9-8-20(16)11-13-10-15(19-24-13)14-6-1-2-7-18-14/h1-2,6-7,10,12H,3-5,8-9,11H2. The molecule has 2 aromatic rings. The van der Waals surface area contributed by atoms with Crippen molar-refractivity contribution in [3.05, 3.63) is 36.2 Å². The van der Waals surface area contributed by atoms with E-state index in [9.17, 15) is 9.59 Å². The summed E-state index contributed by atoms with van der Waals surface area (Å²) in [4.78, 5) is 32.1. The fourth-order valence-electron chi connectivity index (χ4n) is 3.10. The number of carbonyl (C=O) groups excluding carboxylic acids is 2. The lowest BCUT2D eigenvalue weighted by molar-refractivity contribution is -0.159. The van der Waals surface area contributed by atoms with Gasteiger partial charge in [-0.15, -0.1) is 0 Å². The minimum atomic E-state index is -0.455. The molecule has 0 radical (unpaired) electrons. The first kappa shape index (κ1) is 14.9. The second-order valence-electron chi connectivity index (χ2n) is 6.20. The second kappa shape index (κ2) is 6.07. The zero-order valence-electron chi connectivity index (χ0n) is 13.2. The minimum absolute atomic E-state index is 0.253. The Morgan fingerprint density at radius 2 is 2.00 bits per heavy atom. The van der Waals surface area contributed by atoms with Gasteiger partial charge in [-0.25, -0.2) is 0 Å². The molecule has 0 bridgehead atoms. The van der Waals surface area contributed by atoms with Crippen LogP contribution in [0.4, 0.5) is 0 Å². The Labute approximate surface area is 139 Å². The molecule has 2 aliphatic rings. The van der Waals surface area contributed by atoms with Gasteiger partial charge in [0.25, 0.3) is 0 Å². The zero-order valence-corrected chi connectivity index (χ0v) is 13.2. The van der Waals surface area contributed by atoms with Gasteiger partial charge in [0.05, 0.1) is 12.2 Å². The number of aromatic nitrogens is 2. The Morgan fingerprint density at radius 1 is 1.12 bits per heavy atom. The van der Waals surface area contributed by atoms with Gasteiger partial charge in [-0.3, -0.25) is 14.6 Å². The van der Waals surface area contributed by atoms with Crippen molar-refractivity contribution in [2.75, 3.05) is 13.1 Å². The van der Waals surface area contributed by atoms with E-state index in [0.29, 0.717) is 30.2 Å². The molecule has 2 aromatic heterocycles. The largest absolute Gasteiger partial charge is 0.359 e. The third-order valence-corrected chi connectivity index (χ3v) is 4.69. The first-order valence-electron chi connectivity index (χ1n) is 8.19. The zero-order chi connectivity index (χ0) is 16.5. The number of hydrogen-bond acceptors (Lipinski definition) is 5. The Kier molecular flexibility index (Phi) is 3.76. The van der Waals surface area contributed by atoms with E-state index in [1.165, 1.54) is 4.90 Å². The van der Waals surface area contributed by atoms with Crippen molar-refractivity contribution in [3.8, 4) is 11.4 Å². The van der Waals surface area contributed by atoms with Crippen molar-refractivity contribution >= 4 is 11.8 Å². The van der Waals surface area contributed by atoms with E-state index >= 15 is 0 Å². The van der Waals surface area contributed by atoms with Crippen molar-refractivity contribution in [1.82, 2.24) is 19.9 Å². The molecule has 0 spiro atoms. The number of rotatable bonds is 4. The van der Waals surface area contributed by atoms with E-state index < -0.39 is 11.8 Å². The van der Waals surface area contributed by atoms with E-state index in [1.807, 2.05) is 18.2 Å². The topological polar surface area (TPSA) is 79.5 Å². The molecule has 1 aliphatic carbocycles. The van der Waals surface area contributed by atoms with Crippen LogP contribution in [0.25, 0.3) is 11.4 Å². The Hall–Kier alpha value is -2.70. The summed E-state index contributed by atoms with van der Waals surface area (Å²) in [6.45, 7) is 1.38. The van der Waals surface area contributed by atoms with Gasteiger partial charge in [0, 0.05) is 31.4 Å². The molecule has 0 atom stereocenters. The highest BCUT2D eigenvalue weighted by atomic mass is 16.5. The summed E-state index contributed by atoms with van der Waals surface area (Å²) in [5.74, 6) is -0.298. The molecule has 124 valence electrons. The highest BCUT2D eigenvalue weighted by molar-refractivity contribution is 6.35. The predicted molar refractivity (Wildman–Crippen MR) is 84.5 cm³/mol. The molecule has 2 amide bonds. The van der Waals surface area contributed by atoms with Gasteiger partial charge in [0.2, 0.25) is 0 Å². The average molecular weight is 326 g/mol. The molecular formula is C17H18N4O3. The number of amides is 2. The van der Waals surface area contributed by atoms with E-state index in [1.54, 1.807) is 17.2 Å². The molecule has 0 N–H and O–H groups in total. The van der Waals surface area contributed by atoms with Gasteiger partial charge in [-0.05, 0) is 31.4 Å². The number of nitrogens with zero attached hydrogens (tertiary/aromatic N) is 4. The summed E-state index contributed by atoms with van der Waals surface area (Å²) < 4.78 is 5.30. The van der Waals surface area contributed by atoms with Crippen LogP contribution in [0, 0.1) is 0 Å². The summed E-state index contributed by atoms with van der Waals surface area (Å²) in [6.07, 6.45) is 4.84. The minimum Gasteiger partial charge on any atom is -0.359 e. The van der Waals surface area contributed by atoms with E-state index in [4.69, 9.17) is 4.52 Å². The van der Waals surface area contributed by atoms with Crippen molar-refractivity contribution in [2.24, 2.45) is 0 Å². The molecule has 7 nitrogen and oxygen atoms in total. The van der Waals surface area contributed by atoms with Crippen LogP contribution in [0.3, 0.4) is 0 Å². The smallest absolute Gasteiger partial charge is 0.312 e. The second-order valence-corrected chi connectivity index (χ2v) is 6.20. The third-order valence-electron chi connectivity index (χ3n) is 4.69. The molecule has 24 heavy (non-hydrogen) atoms. The van der Waals surface area contributed by atoms with Gasteiger partial charge >= 0.3 is 11.8 Å². The molecule has 1 aliphatic heterocycles. The highest BCUT2D eigenvalue weighted by Crippen LogP contribution is 2.27. The van der Waals surface area contributed by atoms with Crippen molar-refractivity contribution in [3.63, 3.8) is 0 Å². The van der Waals surface area contributed by atoms with E-state index in [0.717, 1.165) is 19.3 Å². The van der Waals surface area contributed by atoms with Crippen LogP contribution in [0.15, 0.2) is 35.0 Å². The fraction of sp³-hybridized carbons (Fsp3) is 0.412. The SMILES string of the molecule is O=C1C(=O)N(C2CCC2)CCN1Cc1cc(-c2ccccn2)no1. The number of piperazine rings is 1. The molecule has 4 rings (SSSR count). The molecule has 2 fully saturated rings. The van der Waals surface area contributed by atoms with E-state index in [2.05, 4.69) is 10.1 Å². The molecule has 7 heteroatoms. The quantitative estimate of drug-likeness (QED) is 0.795. The van der Waals surface area contributed by atoms with Gasteiger partial charge in [-0.2, -0.15) is 0 Å². The van der Waals surface area contributed by atoms with Crippen LogP contribution in [0.5, 0.6) is 0 Å². The summed E-state index contributed by atoms with van der Waals surface area (Å²) in [6, 6.07) is 7.56. The van der Waals surface area contributed by atoms with Gasteiger partial charge in [-0.1, -0.05) is 11.2 Å². The van der Waals surface area contributed by atoms with Crippen molar-refractivity contribution in [1.29, 1.82) is 0 Å². The average Bonchev–Trinajstić information content (AvgIpc) is 3.02. The third kappa shape index (κ3) is 2.66. The maximum Gasteiger partial charge on any atom is 0.312 e. The van der Waals surface area contributed by atoms with Crippen LogP contribution in [-0.4, -0.2) is 50.9 Å². The Balaban J connectivity index is 1.43. The number of carbonyl (C=O) groups is 2. The first-order valence-corrected chi connectivity index (χ1v) is 8.19.